The molecule has 1 aliphatic rings. The van der Waals surface area contributed by atoms with Crippen LogP contribution in [0, 0.1) is 5.41 Å². The van der Waals surface area contributed by atoms with Gasteiger partial charge in [0, 0.05) is 29.8 Å². The van der Waals surface area contributed by atoms with Crippen LogP contribution in [0.25, 0.3) is 0 Å². The van der Waals surface area contributed by atoms with Crippen molar-refractivity contribution < 1.29 is 14.3 Å². The number of amides is 1. The second-order valence-corrected chi connectivity index (χ2v) is 5.98. The Bertz CT molecular complexity index is 502. The van der Waals surface area contributed by atoms with Crippen molar-refractivity contribution in [2.75, 3.05) is 18.5 Å². The van der Waals surface area contributed by atoms with E-state index in [1.807, 2.05) is 31.2 Å². The summed E-state index contributed by atoms with van der Waals surface area (Å²) in [5.74, 6) is 0.158. The summed E-state index contributed by atoms with van der Waals surface area (Å²) in [5, 5.41) is 3.51. The fraction of sp³-hybridized carbons (Fsp3) is 0.562. The van der Waals surface area contributed by atoms with Gasteiger partial charge in [-0.25, -0.2) is 0 Å². The monoisotopic (exact) mass is 292 g/mol. The average molecular weight is 292 g/mol. The molecule has 2 atom stereocenters. The number of nitrogens with two attached hydrogens (primary N) is 1. The van der Waals surface area contributed by atoms with E-state index in [0.29, 0.717) is 17.9 Å². The zero-order chi connectivity index (χ0) is 15.5. The highest BCUT2D eigenvalue weighted by Crippen LogP contribution is 2.44. The summed E-state index contributed by atoms with van der Waals surface area (Å²) in [4.78, 5) is 10.7. The first-order valence-electron chi connectivity index (χ1n) is 7.32. The molecule has 5 nitrogen and oxygen atoms in total. The lowest BCUT2D eigenvalue weighted by molar-refractivity contribution is -0.119. The van der Waals surface area contributed by atoms with Gasteiger partial charge in [-0.05, 0) is 25.5 Å². The molecule has 1 aromatic rings. The minimum atomic E-state index is -0.479. The molecule has 1 amide bonds. The number of carbonyl (C=O) groups excluding carboxylic acids is 1. The van der Waals surface area contributed by atoms with Gasteiger partial charge in [0.05, 0.1) is 6.10 Å². The maximum atomic E-state index is 10.7. The van der Waals surface area contributed by atoms with Crippen LogP contribution in [0.3, 0.4) is 0 Å². The second kappa shape index (κ2) is 6.35. The van der Waals surface area contributed by atoms with Crippen molar-refractivity contribution in [1.82, 2.24) is 0 Å². The van der Waals surface area contributed by atoms with Crippen LogP contribution in [0.5, 0.6) is 5.75 Å². The molecule has 0 radical (unpaired) electrons. The van der Waals surface area contributed by atoms with E-state index in [0.717, 1.165) is 18.7 Å². The summed E-state index contributed by atoms with van der Waals surface area (Å²) in [6.07, 6.45) is 1.29. The predicted molar refractivity (Wildman–Crippen MR) is 82.4 cm³/mol. The second-order valence-electron chi connectivity index (χ2n) is 5.98. The number of anilines is 1. The van der Waals surface area contributed by atoms with E-state index >= 15 is 0 Å². The zero-order valence-corrected chi connectivity index (χ0v) is 12.9. The van der Waals surface area contributed by atoms with Crippen LogP contribution in [-0.2, 0) is 9.53 Å². The quantitative estimate of drug-likeness (QED) is 0.807. The Hall–Kier alpha value is -1.75. The predicted octanol–water partition coefficient (Wildman–Crippen LogP) is 2.17. The van der Waals surface area contributed by atoms with Crippen molar-refractivity contribution in [3.63, 3.8) is 0 Å². The van der Waals surface area contributed by atoms with E-state index < -0.39 is 5.91 Å². The topological polar surface area (TPSA) is 73.6 Å². The molecule has 0 aliphatic heterocycles. The number of hydrogen-bond donors (Lipinski definition) is 2. The number of ether oxygens (including phenoxy) is 2. The maximum absolute atomic E-state index is 10.7. The number of primary amides is 1. The molecule has 0 spiro atoms. The lowest BCUT2D eigenvalue weighted by Gasteiger charge is -2.52. The van der Waals surface area contributed by atoms with Crippen LogP contribution in [0.1, 0.15) is 27.2 Å². The summed E-state index contributed by atoms with van der Waals surface area (Å²) in [6.45, 7) is 7.09. The lowest BCUT2D eigenvalue weighted by atomic mass is 9.64. The van der Waals surface area contributed by atoms with E-state index in [4.69, 9.17) is 15.2 Å². The van der Waals surface area contributed by atoms with Crippen LogP contribution >= 0.6 is 0 Å². The van der Waals surface area contributed by atoms with E-state index in [2.05, 4.69) is 19.2 Å². The molecule has 0 aromatic heterocycles. The summed E-state index contributed by atoms with van der Waals surface area (Å²) < 4.78 is 11.0. The van der Waals surface area contributed by atoms with Crippen LogP contribution < -0.4 is 15.8 Å². The molecule has 5 heteroatoms. The molecule has 1 fully saturated rings. The average Bonchev–Trinajstić information content (AvgIpc) is 2.44. The van der Waals surface area contributed by atoms with E-state index in [9.17, 15) is 4.79 Å². The van der Waals surface area contributed by atoms with Gasteiger partial charge < -0.3 is 20.5 Å². The van der Waals surface area contributed by atoms with Crippen LogP contribution in [0.15, 0.2) is 24.3 Å². The van der Waals surface area contributed by atoms with Gasteiger partial charge in [0.25, 0.3) is 5.91 Å². The van der Waals surface area contributed by atoms with E-state index in [1.165, 1.54) is 0 Å². The summed E-state index contributed by atoms with van der Waals surface area (Å²) >= 11 is 0. The van der Waals surface area contributed by atoms with Crippen molar-refractivity contribution in [2.24, 2.45) is 11.1 Å². The Morgan fingerprint density at radius 2 is 2.24 bits per heavy atom. The minimum absolute atomic E-state index is 0.0973. The number of carbonyl (C=O) groups is 1. The molecule has 2 rings (SSSR count). The summed E-state index contributed by atoms with van der Waals surface area (Å²) in [7, 11) is 0. The standard InChI is InChI=1S/C16H24N2O3/c1-4-20-14-9-13(16(14,2)3)18-11-6-5-7-12(8-11)21-10-15(17)19/h5-8,13-14,18H,4,9-10H2,1-3H3,(H2,17,19). The molecule has 3 N–H and O–H groups in total. The highest BCUT2D eigenvalue weighted by atomic mass is 16.5. The van der Waals surface area contributed by atoms with Crippen molar-refractivity contribution in [3.8, 4) is 5.75 Å². The Labute approximate surface area is 125 Å². The molecule has 0 saturated heterocycles. The van der Waals surface area contributed by atoms with Gasteiger partial charge in [0.15, 0.2) is 6.61 Å². The van der Waals surface area contributed by atoms with E-state index in [-0.39, 0.29) is 12.0 Å². The molecule has 1 aliphatic carbocycles. The first-order valence-corrected chi connectivity index (χ1v) is 7.32. The Kier molecular flexibility index (Phi) is 4.73. The fourth-order valence-electron chi connectivity index (χ4n) is 2.65. The van der Waals surface area contributed by atoms with Crippen molar-refractivity contribution in [2.45, 2.75) is 39.3 Å². The molecule has 1 aromatic carbocycles. The van der Waals surface area contributed by atoms with E-state index in [1.54, 1.807) is 0 Å². The van der Waals surface area contributed by atoms with Gasteiger partial charge in [-0.2, -0.15) is 0 Å². The van der Waals surface area contributed by atoms with Crippen molar-refractivity contribution in [3.05, 3.63) is 24.3 Å². The molecule has 2 unspecified atom stereocenters. The highest BCUT2D eigenvalue weighted by Gasteiger charge is 2.48. The van der Waals surface area contributed by atoms with Gasteiger partial charge >= 0.3 is 0 Å². The van der Waals surface area contributed by atoms with Crippen LogP contribution in [0.4, 0.5) is 5.69 Å². The third-order valence-corrected chi connectivity index (χ3v) is 4.10. The van der Waals surface area contributed by atoms with Crippen LogP contribution in [0.2, 0.25) is 0 Å². The Morgan fingerprint density at radius 3 is 2.86 bits per heavy atom. The van der Waals surface area contributed by atoms with Gasteiger partial charge in [-0.15, -0.1) is 0 Å². The number of nitrogens with one attached hydrogen (secondary N) is 1. The SMILES string of the molecule is CCOC1CC(Nc2cccc(OCC(N)=O)c2)C1(C)C. The molecule has 0 heterocycles. The third-order valence-electron chi connectivity index (χ3n) is 4.10. The molecular weight excluding hydrogens is 268 g/mol. The Balaban J connectivity index is 1.95. The number of hydrogen-bond acceptors (Lipinski definition) is 4. The highest BCUT2D eigenvalue weighted by molar-refractivity contribution is 5.75. The first-order chi connectivity index (χ1) is 9.93. The largest absolute Gasteiger partial charge is 0.484 e. The van der Waals surface area contributed by atoms with Crippen LogP contribution in [-0.4, -0.2) is 31.3 Å². The fourth-order valence-corrected chi connectivity index (χ4v) is 2.65. The molecule has 1 saturated carbocycles. The smallest absolute Gasteiger partial charge is 0.255 e. The molecule has 21 heavy (non-hydrogen) atoms. The lowest BCUT2D eigenvalue weighted by Crippen LogP contribution is -2.58. The summed E-state index contributed by atoms with van der Waals surface area (Å²) in [5.41, 5.74) is 6.15. The van der Waals surface area contributed by atoms with Crippen molar-refractivity contribution >= 4 is 11.6 Å². The number of benzene rings is 1. The molecule has 116 valence electrons. The maximum Gasteiger partial charge on any atom is 0.255 e. The van der Waals surface area contributed by atoms with Crippen molar-refractivity contribution in [1.29, 1.82) is 0 Å². The first kappa shape index (κ1) is 15.6. The van der Waals surface area contributed by atoms with Gasteiger partial charge in [0.1, 0.15) is 5.75 Å². The van der Waals surface area contributed by atoms with Gasteiger partial charge in [-0.3, -0.25) is 4.79 Å². The third kappa shape index (κ3) is 3.67. The Morgan fingerprint density at radius 1 is 1.48 bits per heavy atom. The zero-order valence-electron chi connectivity index (χ0n) is 12.9. The summed E-state index contributed by atoms with van der Waals surface area (Å²) in [6, 6.07) is 7.93. The van der Waals surface area contributed by atoms with Gasteiger partial charge in [-0.1, -0.05) is 19.9 Å². The van der Waals surface area contributed by atoms with Gasteiger partial charge in [0.2, 0.25) is 0 Å². The minimum Gasteiger partial charge on any atom is -0.484 e. The molecule has 0 bridgehead atoms. The number of rotatable bonds is 7. The normalized spacial score (nSPS) is 23.2. The molecular formula is C16H24N2O3.